The Morgan fingerprint density at radius 1 is 1.00 bits per heavy atom. The van der Waals surface area contributed by atoms with Crippen LogP contribution in [0.1, 0.15) is 54.2 Å². The largest absolute Gasteiger partial charge is 0.481 e. The zero-order chi connectivity index (χ0) is 24.0. The second kappa shape index (κ2) is 10.7. The van der Waals surface area contributed by atoms with Crippen LogP contribution in [0, 0.1) is 12.8 Å². The summed E-state index contributed by atoms with van der Waals surface area (Å²) in [5.74, 6) is -2.21. The van der Waals surface area contributed by atoms with Gasteiger partial charge < -0.3 is 5.11 Å². The van der Waals surface area contributed by atoms with Crippen molar-refractivity contribution in [1.29, 1.82) is 0 Å². The number of rotatable bonds is 8. The van der Waals surface area contributed by atoms with E-state index in [-0.39, 0.29) is 30.4 Å². The minimum absolute atomic E-state index is 0.0342. The highest BCUT2D eigenvalue weighted by molar-refractivity contribution is 5.97. The lowest BCUT2D eigenvalue weighted by molar-refractivity contribution is -0.138. The number of nitrogens with one attached hydrogen (secondary N) is 1. The molecule has 7 nitrogen and oxygen atoms in total. The maximum atomic E-state index is 13.2. The number of aryl methyl sites for hydroxylation is 1. The van der Waals surface area contributed by atoms with E-state index in [0.29, 0.717) is 6.54 Å². The van der Waals surface area contributed by atoms with E-state index >= 15 is 0 Å². The van der Waals surface area contributed by atoms with E-state index in [2.05, 4.69) is 10.4 Å². The molecule has 1 unspecified atom stereocenters. The minimum atomic E-state index is -0.979. The maximum Gasteiger partial charge on any atom is 0.303 e. The Morgan fingerprint density at radius 2 is 1.67 bits per heavy atom. The number of hydrogen-bond donors (Lipinski definition) is 2. The van der Waals surface area contributed by atoms with Gasteiger partial charge in [-0.25, -0.2) is 0 Å². The Kier molecular flexibility index (Phi) is 7.77. The van der Waals surface area contributed by atoms with Crippen LogP contribution < -0.4 is 5.43 Å². The zero-order valence-corrected chi connectivity index (χ0v) is 19.1. The average Bonchev–Trinajstić information content (AvgIpc) is 2.77. The Labute approximate surface area is 193 Å². The van der Waals surface area contributed by atoms with E-state index in [0.717, 1.165) is 21.9 Å². The van der Waals surface area contributed by atoms with E-state index < -0.39 is 17.8 Å². The van der Waals surface area contributed by atoms with Gasteiger partial charge in [0, 0.05) is 30.5 Å². The fourth-order valence-corrected chi connectivity index (χ4v) is 3.64. The summed E-state index contributed by atoms with van der Waals surface area (Å²) in [5, 5.41) is 12.4. The molecule has 0 aliphatic heterocycles. The van der Waals surface area contributed by atoms with E-state index in [9.17, 15) is 19.5 Å². The molecule has 0 radical (unpaired) electrons. The molecule has 2 N–H and O–H groups in total. The first kappa shape index (κ1) is 23.9. The number of hydrazine groups is 1. The van der Waals surface area contributed by atoms with Crippen molar-refractivity contribution < 1.29 is 19.5 Å². The minimum Gasteiger partial charge on any atom is -0.481 e. The van der Waals surface area contributed by atoms with Gasteiger partial charge in [-0.3, -0.25) is 29.8 Å². The van der Waals surface area contributed by atoms with Crippen molar-refractivity contribution in [2.75, 3.05) is 6.54 Å². The average molecular weight is 448 g/mol. The Balaban J connectivity index is 1.79. The summed E-state index contributed by atoms with van der Waals surface area (Å²) >= 11 is 0. The number of hydrogen-bond acceptors (Lipinski definition) is 4. The third-order valence-corrected chi connectivity index (χ3v) is 5.34. The summed E-state index contributed by atoms with van der Waals surface area (Å²) in [7, 11) is 0. The SMILES string of the molecule is Cc1ccc(C(CC(=O)O)CC(=O)N(CC(C)C)NC(=O)c2cc3ccccc3cn2)cc1. The van der Waals surface area contributed by atoms with Gasteiger partial charge in [-0.05, 0) is 29.9 Å². The standard InChI is InChI=1S/C26H29N3O4/c1-17(2)16-29(28-26(33)23-12-20-6-4-5-7-21(20)15-27-23)24(30)13-22(14-25(31)32)19-10-8-18(3)9-11-19/h4-12,15,17,22H,13-14,16H2,1-3H3,(H,28,33)(H,31,32). The van der Waals surface area contributed by atoms with E-state index in [4.69, 9.17) is 0 Å². The maximum absolute atomic E-state index is 13.2. The lowest BCUT2D eigenvalue weighted by Crippen LogP contribution is -2.48. The summed E-state index contributed by atoms with van der Waals surface area (Å²) < 4.78 is 0. The molecule has 1 atom stereocenters. The van der Waals surface area contributed by atoms with Crippen molar-refractivity contribution in [1.82, 2.24) is 15.4 Å². The predicted octanol–water partition coefficient (Wildman–Crippen LogP) is 4.32. The van der Waals surface area contributed by atoms with Crippen molar-refractivity contribution in [3.05, 3.63) is 77.6 Å². The predicted molar refractivity (Wildman–Crippen MR) is 127 cm³/mol. The van der Waals surface area contributed by atoms with Crippen LogP contribution >= 0.6 is 0 Å². The van der Waals surface area contributed by atoms with E-state index in [1.165, 1.54) is 5.01 Å². The number of aromatic nitrogens is 1. The molecule has 0 spiro atoms. The molecule has 1 aromatic heterocycles. The highest BCUT2D eigenvalue weighted by atomic mass is 16.4. The van der Waals surface area contributed by atoms with Crippen molar-refractivity contribution >= 4 is 28.6 Å². The lowest BCUT2D eigenvalue weighted by Gasteiger charge is -2.27. The molecule has 3 aromatic rings. The van der Waals surface area contributed by atoms with Gasteiger partial charge in [-0.2, -0.15) is 0 Å². The number of amides is 2. The molecule has 2 aromatic carbocycles. The Bertz CT molecular complexity index is 1140. The van der Waals surface area contributed by atoms with Gasteiger partial charge in [0.05, 0.1) is 6.42 Å². The molecule has 33 heavy (non-hydrogen) atoms. The van der Waals surface area contributed by atoms with Crippen molar-refractivity contribution in [3.63, 3.8) is 0 Å². The van der Waals surface area contributed by atoms with Crippen LogP contribution in [0.3, 0.4) is 0 Å². The highest BCUT2D eigenvalue weighted by Gasteiger charge is 2.25. The highest BCUT2D eigenvalue weighted by Crippen LogP contribution is 2.25. The number of benzene rings is 2. The first-order valence-electron chi connectivity index (χ1n) is 11.0. The lowest BCUT2D eigenvalue weighted by atomic mass is 9.91. The van der Waals surface area contributed by atoms with Crippen LogP contribution in [0.15, 0.2) is 60.8 Å². The van der Waals surface area contributed by atoms with Gasteiger partial charge in [0.1, 0.15) is 5.69 Å². The molecule has 0 aliphatic rings. The molecule has 0 fully saturated rings. The van der Waals surface area contributed by atoms with E-state index in [1.807, 2.05) is 69.3 Å². The Hall–Kier alpha value is -3.74. The zero-order valence-electron chi connectivity index (χ0n) is 19.1. The number of carbonyl (C=O) groups excluding carboxylic acids is 2. The second-order valence-electron chi connectivity index (χ2n) is 8.67. The monoisotopic (exact) mass is 447 g/mol. The molecular formula is C26H29N3O4. The number of carboxylic acids is 1. The Morgan fingerprint density at radius 3 is 2.30 bits per heavy atom. The molecule has 3 rings (SSSR count). The van der Waals surface area contributed by atoms with Crippen LogP contribution in [0.2, 0.25) is 0 Å². The molecule has 0 bridgehead atoms. The fraction of sp³-hybridized carbons (Fsp3) is 0.308. The summed E-state index contributed by atoms with van der Waals surface area (Å²) in [6, 6.07) is 16.8. The summed E-state index contributed by atoms with van der Waals surface area (Å²) in [6.45, 7) is 6.12. The quantitative estimate of drug-likeness (QED) is 0.501. The number of aliphatic carboxylic acids is 1. The molecule has 0 saturated heterocycles. The molecule has 2 amide bonds. The summed E-state index contributed by atoms with van der Waals surface area (Å²) in [6.07, 6.45) is 1.41. The van der Waals surface area contributed by atoms with Gasteiger partial charge in [0.2, 0.25) is 5.91 Å². The smallest absolute Gasteiger partial charge is 0.303 e. The van der Waals surface area contributed by atoms with Crippen LogP contribution in [0.25, 0.3) is 10.8 Å². The van der Waals surface area contributed by atoms with E-state index in [1.54, 1.807) is 12.3 Å². The number of carboxylic acid groups (broad SMARTS) is 1. The van der Waals surface area contributed by atoms with Crippen molar-refractivity contribution in [2.24, 2.45) is 5.92 Å². The van der Waals surface area contributed by atoms with Crippen LogP contribution in [0.5, 0.6) is 0 Å². The first-order chi connectivity index (χ1) is 15.7. The number of fused-ring (bicyclic) bond motifs is 1. The van der Waals surface area contributed by atoms with Crippen LogP contribution in [-0.4, -0.2) is 39.4 Å². The topological polar surface area (TPSA) is 99.6 Å². The third kappa shape index (κ3) is 6.62. The summed E-state index contributed by atoms with van der Waals surface area (Å²) in [5.41, 5.74) is 4.72. The summed E-state index contributed by atoms with van der Waals surface area (Å²) in [4.78, 5) is 41.8. The van der Waals surface area contributed by atoms with Gasteiger partial charge >= 0.3 is 5.97 Å². The molecule has 7 heteroatoms. The van der Waals surface area contributed by atoms with Crippen molar-refractivity contribution in [2.45, 2.75) is 39.5 Å². The normalized spacial score (nSPS) is 11.9. The number of nitrogens with zero attached hydrogens (tertiary/aromatic N) is 2. The fourth-order valence-electron chi connectivity index (χ4n) is 3.64. The number of carbonyl (C=O) groups is 3. The first-order valence-corrected chi connectivity index (χ1v) is 11.0. The molecule has 172 valence electrons. The number of pyridine rings is 1. The van der Waals surface area contributed by atoms with Gasteiger partial charge in [-0.1, -0.05) is 67.9 Å². The van der Waals surface area contributed by atoms with Crippen LogP contribution in [0.4, 0.5) is 0 Å². The third-order valence-electron chi connectivity index (χ3n) is 5.34. The molecule has 0 saturated carbocycles. The second-order valence-corrected chi connectivity index (χ2v) is 8.67. The molecular weight excluding hydrogens is 418 g/mol. The molecule has 0 aliphatic carbocycles. The molecule has 1 heterocycles. The van der Waals surface area contributed by atoms with Crippen LogP contribution in [-0.2, 0) is 9.59 Å². The van der Waals surface area contributed by atoms with Crippen molar-refractivity contribution in [3.8, 4) is 0 Å². The van der Waals surface area contributed by atoms with Gasteiger partial charge in [0.25, 0.3) is 5.91 Å². The van der Waals surface area contributed by atoms with Gasteiger partial charge in [-0.15, -0.1) is 0 Å². The van der Waals surface area contributed by atoms with Gasteiger partial charge in [0.15, 0.2) is 0 Å².